The van der Waals surface area contributed by atoms with Crippen LogP contribution < -0.4 is 5.32 Å². The number of phenols is 1. The normalized spacial score (nSPS) is 15.2. The lowest BCUT2D eigenvalue weighted by Gasteiger charge is -2.13. The van der Waals surface area contributed by atoms with Gasteiger partial charge in [-0.2, -0.15) is 0 Å². The molecule has 0 spiro atoms. The molecule has 0 fully saturated rings. The second-order valence-electron chi connectivity index (χ2n) is 3.83. The summed E-state index contributed by atoms with van der Waals surface area (Å²) in [4.78, 5) is 0. The van der Waals surface area contributed by atoms with E-state index in [0.717, 1.165) is 24.1 Å². The second kappa shape index (κ2) is 4.75. The Hall–Kier alpha value is -1.90. The third kappa shape index (κ3) is 2.57. The van der Waals surface area contributed by atoms with Crippen LogP contribution in [0.3, 0.4) is 0 Å². The van der Waals surface area contributed by atoms with Gasteiger partial charge in [0, 0.05) is 12.2 Å². The van der Waals surface area contributed by atoms with Crippen LogP contribution >= 0.6 is 0 Å². The average molecular weight is 217 g/mol. The van der Waals surface area contributed by atoms with Crippen LogP contribution in [0.5, 0.6) is 5.75 Å². The van der Waals surface area contributed by atoms with Crippen molar-refractivity contribution in [1.82, 2.24) is 0 Å². The standard InChI is InChI=1S/C13H15NO2/c15-12-7-5-11(6-8-12)14-9-10-3-1-2-4-13(10)16/h2,4-8,14-16H,1,3,9H2. The third-order valence-electron chi connectivity index (χ3n) is 2.62. The molecule has 84 valence electrons. The lowest BCUT2D eigenvalue weighted by Crippen LogP contribution is -2.08. The fourth-order valence-corrected chi connectivity index (χ4v) is 1.67. The van der Waals surface area contributed by atoms with Gasteiger partial charge >= 0.3 is 0 Å². The predicted octanol–water partition coefficient (Wildman–Crippen LogP) is 2.97. The first-order valence-electron chi connectivity index (χ1n) is 5.36. The molecule has 0 bridgehead atoms. The van der Waals surface area contributed by atoms with Gasteiger partial charge in [0.2, 0.25) is 0 Å². The number of nitrogens with one attached hydrogen (secondary N) is 1. The monoisotopic (exact) mass is 217 g/mol. The molecule has 0 amide bonds. The molecule has 1 aliphatic rings. The molecule has 1 aromatic carbocycles. The van der Waals surface area contributed by atoms with Crippen molar-refractivity contribution < 1.29 is 10.2 Å². The summed E-state index contributed by atoms with van der Waals surface area (Å²) in [5, 5.41) is 21.9. The molecule has 3 heteroatoms. The van der Waals surface area contributed by atoms with Crippen LogP contribution in [0, 0.1) is 0 Å². The van der Waals surface area contributed by atoms with E-state index in [1.54, 1.807) is 18.2 Å². The van der Waals surface area contributed by atoms with Crippen molar-refractivity contribution in [2.75, 3.05) is 11.9 Å². The van der Waals surface area contributed by atoms with Crippen molar-refractivity contribution in [1.29, 1.82) is 0 Å². The number of hydrogen-bond donors (Lipinski definition) is 3. The Morgan fingerprint density at radius 2 is 1.88 bits per heavy atom. The van der Waals surface area contributed by atoms with Crippen molar-refractivity contribution in [2.45, 2.75) is 12.8 Å². The van der Waals surface area contributed by atoms with Gasteiger partial charge in [0.15, 0.2) is 0 Å². The molecular formula is C13H15NO2. The van der Waals surface area contributed by atoms with E-state index in [9.17, 15) is 5.11 Å². The van der Waals surface area contributed by atoms with Crippen LogP contribution in [0.2, 0.25) is 0 Å². The third-order valence-corrected chi connectivity index (χ3v) is 2.62. The number of hydrogen-bond acceptors (Lipinski definition) is 3. The van der Waals surface area contributed by atoms with Crippen molar-refractivity contribution in [3.05, 3.63) is 47.7 Å². The molecule has 0 atom stereocenters. The van der Waals surface area contributed by atoms with Gasteiger partial charge in [-0.1, -0.05) is 6.08 Å². The van der Waals surface area contributed by atoms with Crippen molar-refractivity contribution in [3.63, 3.8) is 0 Å². The molecular weight excluding hydrogens is 202 g/mol. The number of aliphatic hydroxyl groups excluding tert-OH is 1. The number of aromatic hydroxyl groups is 1. The van der Waals surface area contributed by atoms with E-state index in [1.165, 1.54) is 0 Å². The lowest BCUT2D eigenvalue weighted by molar-refractivity contribution is 0.418. The van der Waals surface area contributed by atoms with E-state index >= 15 is 0 Å². The van der Waals surface area contributed by atoms with Gasteiger partial charge < -0.3 is 15.5 Å². The first-order valence-corrected chi connectivity index (χ1v) is 5.36. The maximum absolute atomic E-state index is 9.60. The maximum atomic E-state index is 9.60. The van der Waals surface area contributed by atoms with Crippen molar-refractivity contribution >= 4 is 5.69 Å². The summed E-state index contributed by atoms with van der Waals surface area (Å²) < 4.78 is 0. The number of phenolic OH excluding ortho intramolecular Hbond substituents is 1. The van der Waals surface area contributed by atoms with Crippen LogP contribution in [-0.2, 0) is 0 Å². The summed E-state index contributed by atoms with van der Waals surface area (Å²) in [6.45, 7) is 0.640. The Balaban J connectivity index is 1.97. The molecule has 3 N–H and O–H groups in total. The first kappa shape index (κ1) is 10.6. The number of benzene rings is 1. The smallest absolute Gasteiger partial charge is 0.116 e. The van der Waals surface area contributed by atoms with Crippen molar-refractivity contribution in [3.8, 4) is 5.75 Å². The zero-order valence-electron chi connectivity index (χ0n) is 8.98. The van der Waals surface area contributed by atoms with Gasteiger partial charge in [0.05, 0.1) is 0 Å². The van der Waals surface area contributed by atoms with E-state index in [4.69, 9.17) is 5.11 Å². The number of aliphatic hydroxyl groups is 1. The largest absolute Gasteiger partial charge is 0.508 e. The van der Waals surface area contributed by atoms with E-state index in [0.29, 0.717) is 12.3 Å². The van der Waals surface area contributed by atoms with E-state index < -0.39 is 0 Å². The van der Waals surface area contributed by atoms with E-state index in [2.05, 4.69) is 5.32 Å². The molecule has 0 aliphatic heterocycles. The highest BCUT2D eigenvalue weighted by molar-refractivity contribution is 5.47. The van der Waals surface area contributed by atoms with Crippen LogP contribution in [0.15, 0.2) is 47.7 Å². The van der Waals surface area contributed by atoms with Crippen LogP contribution in [-0.4, -0.2) is 16.8 Å². The average Bonchev–Trinajstić information content (AvgIpc) is 2.30. The number of anilines is 1. The Morgan fingerprint density at radius 1 is 1.12 bits per heavy atom. The molecule has 1 aromatic rings. The second-order valence-corrected chi connectivity index (χ2v) is 3.83. The highest BCUT2D eigenvalue weighted by atomic mass is 16.3. The van der Waals surface area contributed by atoms with Gasteiger partial charge in [-0.3, -0.25) is 0 Å². The fraction of sp³-hybridized carbons (Fsp3) is 0.231. The summed E-state index contributed by atoms with van der Waals surface area (Å²) in [6, 6.07) is 6.89. The summed E-state index contributed by atoms with van der Waals surface area (Å²) in [7, 11) is 0. The molecule has 1 aliphatic carbocycles. The molecule has 0 saturated heterocycles. The summed E-state index contributed by atoms with van der Waals surface area (Å²) >= 11 is 0. The van der Waals surface area contributed by atoms with Crippen LogP contribution in [0.4, 0.5) is 5.69 Å². The van der Waals surface area contributed by atoms with E-state index in [-0.39, 0.29) is 5.75 Å². The summed E-state index contributed by atoms with van der Waals surface area (Å²) in [5.74, 6) is 0.630. The van der Waals surface area contributed by atoms with Gasteiger partial charge in [-0.05, 0) is 48.8 Å². The molecule has 0 unspecified atom stereocenters. The minimum Gasteiger partial charge on any atom is -0.508 e. The van der Waals surface area contributed by atoms with Gasteiger partial charge in [0.1, 0.15) is 11.5 Å². The number of allylic oxidation sites excluding steroid dienone is 2. The minimum absolute atomic E-state index is 0.258. The maximum Gasteiger partial charge on any atom is 0.116 e. The molecule has 16 heavy (non-hydrogen) atoms. The Bertz CT molecular complexity index is 418. The van der Waals surface area contributed by atoms with Crippen molar-refractivity contribution in [2.24, 2.45) is 0 Å². The molecule has 0 heterocycles. The molecule has 3 nitrogen and oxygen atoms in total. The highest BCUT2D eigenvalue weighted by Gasteiger charge is 2.06. The number of rotatable bonds is 3. The molecule has 0 saturated carbocycles. The minimum atomic E-state index is 0.258. The van der Waals surface area contributed by atoms with Crippen LogP contribution in [0.25, 0.3) is 0 Å². The Kier molecular flexibility index (Phi) is 3.15. The van der Waals surface area contributed by atoms with Gasteiger partial charge in [-0.25, -0.2) is 0 Å². The Labute approximate surface area is 94.7 Å². The first-order chi connectivity index (χ1) is 7.75. The topological polar surface area (TPSA) is 52.5 Å². The molecule has 0 radical (unpaired) electrons. The SMILES string of the molecule is OC1=C(CNc2ccc(O)cc2)CCC=C1. The predicted molar refractivity (Wildman–Crippen MR) is 64.6 cm³/mol. The lowest BCUT2D eigenvalue weighted by atomic mass is 10.0. The zero-order valence-corrected chi connectivity index (χ0v) is 8.98. The summed E-state index contributed by atoms with van der Waals surface area (Å²) in [5.41, 5.74) is 1.96. The summed E-state index contributed by atoms with van der Waals surface area (Å²) in [6.07, 6.45) is 5.60. The van der Waals surface area contributed by atoms with Gasteiger partial charge in [-0.15, -0.1) is 0 Å². The molecule has 0 aromatic heterocycles. The fourth-order valence-electron chi connectivity index (χ4n) is 1.67. The highest BCUT2D eigenvalue weighted by Crippen LogP contribution is 2.19. The quantitative estimate of drug-likeness (QED) is 0.682. The zero-order chi connectivity index (χ0) is 11.4. The van der Waals surface area contributed by atoms with Crippen LogP contribution in [0.1, 0.15) is 12.8 Å². The molecule has 2 rings (SSSR count). The van der Waals surface area contributed by atoms with E-state index in [1.807, 2.05) is 18.2 Å². The van der Waals surface area contributed by atoms with Gasteiger partial charge in [0.25, 0.3) is 0 Å². The Morgan fingerprint density at radius 3 is 2.56 bits per heavy atom.